The number of ether oxygens (including phenoxy) is 1. The van der Waals surface area contributed by atoms with Gasteiger partial charge >= 0.3 is 0 Å². The number of aryl methyl sites for hydroxylation is 1. The zero-order valence-electron chi connectivity index (χ0n) is 9.27. The monoisotopic (exact) mass is 211 g/mol. The normalized spacial score (nSPS) is 10.5. The van der Waals surface area contributed by atoms with E-state index < -0.39 is 0 Å². The minimum Gasteiger partial charge on any atom is -0.384 e. The molecule has 5 heteroatoms. The molecule has 5 nitrogen and oxygen atoms in total. The van der Waals surface area contributed by atoms with Crippen LogP contribution >= 0.6 is 0 Å². The molecule has 1 heterocycles. The number of methoxy groups -OCH3 is 1. The second-order valence-corrected chi connectivity index (χ2v) is 3.36. The standard InChI is InChI=1S/C10H17N3O2/c1-3-5-13-10(11-8-12-13)7-9(14)4-6-15-2/h8H,3-7H2,1-2H3. The maximum atomic E-state index is 11.5. The van der Waals surface area contributed by atoms with Gasteiger partial charge < -0.3 is 4.74 Å². The smallest absolute Gasteiger partial charge is 0.142 e. The van der Waals surface area contributed by atoms with Crippen LogP contribution in [0.25, 0.3) is 0 Å². The number of aromatic nitrogens is 3. The van der Waals surface area contributed by atoms with Gasteiger partial charge in [-0.15, -0.1) is 0 Å². The molecule has 1 rings (SSSR count). The minimum atomic E-state index is 0.141. The Hall–Kier alpha value is -1.23. The SMILES string of the molecule is CCCn1ncnc1CC(=O)CCOC. The van der Waals surface area contributed by atoms with E-state index >= 15 is 0 Å². The van der Waals surface area contributed by atoms with Crippen molar-refractivity contribution in [2.75, 3.05) is 13.7 Å². The van der Waals surface area contributed by atoms with E-state index in [-0.39, 0.29) is 5.78 Å². The minimum absolute atomic E-state index is 0.141. The molecule has 0 unspecified atom stereocenters. The summed E-state index contributed by atoms with van der Waals surface area (Å²) in [5.74, 6) is 0.889. The molecule has 0 atom stereocenters. The summed E-state index contributed by atoms with van der Waals surface area (Å²) < 4.78 is 6.63. The van der Waals surface area contributed by atoms with Gasteiger partial charge in [0.2, 0.25) is 0 Å². The molecule has 0 aromatic carbocycles. The molecule has 0 saturated heterocycles. The molecule has 0 fully saturated rings. The Labute approximate surface area is 89.5 Å². The molecule has 0 aliphatic heterocycles. The number of rotatable bonds is 7. The summed E-state index contributed by atoms with van der Waals surface area (Å²) in [6.07, 6.45) is 3.27. The van der Waals surface area contributed by atoms with Gasteiger partial charge in [-0.25, -0.2) is 9.67 Å². The van der Waals surface area contributed by atoms with Crippen LogP contribution in [0.3, 0.4) is 0 Å². The van der Waals surface area contributed by atoms with Crippen LogP contribution in [0.4, 0.5) is 0 Å². The molecule has 0 aliphatic rings. The first-order valence-corrected chi connectivity index (χ1v) is 5.15. The summed E-state index contributed by atoms with van der Waals surface area (Å²) in [4.78, 5) is 15.5. The fraction of sp³-hybridized carbons (Fsp3) is 0.700. The largest absolute Gasteiger partial charge is 0.384 e. The van der Waals surface area contributed by atoms with Crippen molar-refractivity contribution < 1.29 is 9.53 Å². The van der Waals surface area contributed by atoms with Crippen LogP contribution in [0.5, 0.6) is 0 Å². The Kier molecular flexibility index (Phi) is 4.97. The topological polar surface area (TPSA) is 57.0 Å². The van der Waals surface area contributed by atoms with Gasteiger partial charge in [0.05, 0.1) is 13.0 Å². The fourth-order valence-electron chi connectivity index (χ4n) is 1.30. The maximum absolute atomic E-state index is 11.5. The fourth-order valence-corrected chi connectivity index (χ4v) is 1.30. The molecule has 0 bridgehead atoms. The zero-order valence-corrected chi connectivity index (χ0v) is 9.27. The predicted molar refractivity (Wildman–Crippen MR) is 55.5 cm³/mol. The summed E-state index contributed by atoms with van der Waals surface area (Å²) in [5.41, 5.74) is 0. The molecular weight excluding hydrogens is 194 g/mol. The van der Waals surface area contributed by atoms with Crippen molar-refractivity contribution in [1.82, 2.24) is 14.8 Å². The number of carbonyl (C=O) groups is 1. The third-order valence-corrected chi connectivity index (χ3v) is 2.07. The Balaban J connectivity index is 2.48. The van der Waals surface area contributed by atoms with Gasteiger partial charge in [0.25, 0.3) is 0 Å². The highest BCUT2D eigenvalue weighted by Gasteiger charge is 2.09. The first-order valence-electron chi connectivity index (χ1n) is 5.15. The molecule has 1 aromatic rings. The lowest BCUT2D eigenvalue weighted by molar-refractivity contribution is -0.119. The summed E-state index contributed by atoms with van der Waals surface area (Å²) in [6, 6.07) is 0. The van der Waals surface area contributed by atoms with E-state index in [0.717, 1.165) is 18.8 Å². The second-order valence-electron chi connectivity index (χ2n) is 3.36. The lowest BCUT2D eigenvalue weighted by Gasteiger charge is -2.03. The summed E-state index contributed by atoms with van der Waals surface area (Å²) in [5, 5.41) is 4.06. The van der Waals surface area contributed by atoms with E-state index in [2.05, 4.69) is 17.0 Å². The van der Waals surface area contributed by atoms with Crippen LogP contribution in [-0.2, 0) is 22.5 Å². The highest BCUT2D eigenvalue weighted by Crippen LogP contribution is 2.00. The summed E-state index contributed by atoms with van der Waals surface area (Å²) >= 11 is 0. The van der Waals surface area contributed by atoms with E-state index in [0.29, 0.717) is 19.4 Å². The van der Waals surface area contributed by atoms with Gasteiger partial charge in [-0.3, -0.25) is 4.79 Å². The van der Waals surface area contributed by atoms with E-state index in [4.69, 9.17) is 4.74 Å². The van der Waals surface area contributed by atoms with E-state index in [1.165, 1.54) is 6.33 Å². The second kappa shape index (κ2) is 6.29. The Morgan fingerprint density at radius 3 is 3.07 bits per heavy atom. The highest BCUT2D eigenvalue weighted by atomic mass is 16.5. The Morgan fingerprint density at radius 2 is 2.40 bits per heavy atom. The predicted octanol–water partition coefficient (Wildman–Crippen LogP) is 0.836. The van der Waals surface area contributed by atoms with Crippen molar-refractivity contribution in [2.45, 2.75) is 32.7 Å². The molecular formula is C10H17N3O2. The Morgan fingerprint density at radius 1 is 1.60 bits per heavy atom. The molecule has 15 heavy (non-hydrogen) atoms. The van der Waals surface area contributed by atoms with Crippen LogP contribution in [0.2, 0.25) is 0 Å². The summed E-state index contributed by atoms with van der Waals surface area (Å²) in [6.45, 7) is 3.35. The van der Waals surface area contributed by atoms with Crippen LogP contribution in [0.15, 0.2) is 6.33 Å². The van der Waals surface area contributed by atoms with E-state index in [1.54, 1.807) is 11.8 Å². The number of Topliss-reactive ketones (excluding diaryl/α,β-unsaturated/α-hetero) is 1. The van der Waals surface area contributed by atoms with Gasteiger partial charge in [-0.05, 0) is 6.42 Å². The van der Waals surface area contributed by atoms with Crippen molar-refractivity contribution in [3.05, 3.63) is 12.2 Å². The summed E-state index contributed by atoms with van der Waals surface area (Å²) in [7, 11) is 1.59. The van der Waals surface area contributed by atoms with Gasteiger partial charge in [0.15, 0.2) is 0 Å². The van der Waals surface area contributed by atoms with Crippen molar-refractivity contribution >= 4 is 5.78 Å². The van der Waals surface area contributed by atoms with Crippen molar-refractivity contribution in [2.24, 2.45) is 0 Å². The number of carbonyl (C=O) groups excluding carboxylic acids is 1. The van der Waals surface area contributed by atoms with Gasteiger partial charge in [0, 0.05) is 20.1 Å². The van der Waals surface area contributed by atoms with Gasteiger partial charge in [-0.1, -0.05) is 6.92 Å². The maximum Gasteiger partial charge on any atom is 0.142 e. The van der Waals surface area contributed by atoms with Crippen molar-refractivity contribution in [3.63, 3.8) is 0 Å². The van der Waals surface area contributed by atoms with Gasteiger partial charge in [0.1, 0.15) is 17.9 Å². The van der Waals surface area contributed by atoms with Gasteiger partial charge in [-0.2, -0.15) is 5.10 Å². The van der Waals surface area contributed by atoms with Crippen LogP contribution in [0, 0.1) is 0 Å². The first kappa shape index (κ1) is 11.8. The van der Waals surface area contributed by atoms with E-state index in [9.17, 15) is 4.79 Å². The quantitative estimate of drug-likeness (QED) is 0.670. The average Bonchev–Trinajstić information content (AvgIpc) is 2.63. The lowest BCUT2D eigenvalue weighted by Crippen LogP contribution is -2.12. The molecule has 0 saturated carbocycles. The number of ketones is 1. The third kappa shape index (κ3) is 3.79. The molecule has 84 valence electrons. The Bertz CT molecular complexity index is 309. The van der Waals surface area contributed by atoms with Crippen molar-refractivity contribution in [3.8, 4) is 0 Å². The van der Waals surface area contributed by atoms with E-state index in [1.807, 2.05) is 0 Å². The molecule has 1 aromatic heterocycles. The van der Waals surface area contributed by atoms with Crippen LogP contribution in [0.1, 0.15) is 25.6 Å². The van der Waals surface area contributed by atoms with Crippen LogP contribution in [-0.4, -0.2) is 34.3 Å². The molecule has 0 radical (unpaired) electrons. The number of nitrogens with zero attached hydrogens (tertiary/aromatic N) is 3. The van der Waals surface area contributed by atoms with Crippen molar-refractivity contribution in [1.29, 1.82) is 0 Å². The molecule has 0 N–H and O–H groups in total. The lowest BCUT2D eigenvalue weighted by atomic mass is 10.2. The zero-order chi connectivity index (χ0) is 11.1. The third-order valence-electron chi connectivity index (χ3n) is 2.07. The molecule has 0 amide bonds. The number of hydrogen-bond acceptors (Lipinski definition) is 4. The molecule has 0 aliphatic carbocycles. The van der Waals surface area contributed by atoms with Crippen LogP contribution < -0.4 is 0 Å². The highest BCUT2D eigenvalue weighted by molar-refractivity contribution is 5.80. The first-order chi connectivity index (χ1) is 7.27. The number of hydrogen-bond donors (Lipinski definition) is 0. The average molecular weight is 211 g/mol. The molecule has 0 spiro atoms.